The van der Waals surface area contributed by atoms with Gasteiger partial charge in [-0.25, -0.2) is 8.42 Å². The summed E-state index contributed by atoms with van der Waals surface area (Å²) < 4.78 is 65.5. The van der Waals surface area contributed by atoms with E-state index in [0.29, 0.717) is 18.7 Å². The Morgan fingerprint density at radius 1 is 0.939 bits per heavy atom. The smallest absolute Gasteiger partial charge is 0.325 e. The highest BCUT2D eigenvalue weighted by Crippen LogP contribution is 2.34. The van der Waals surface area contributed by atoms with Crippen molar-refractivity contribution in [3.05, 3.63) is 53.6 Å². The van der Waals surface area contributed by atoms with Crippen LogP contribution in [0.15, 0.2) is 47.4 Å². The molecule has 0 aliphatic rings. The third-order valence-electron chi connectivity index (χ3n) is 4.84. The number of aryl methyl sites for hydroxylation is 1. The van der Waals surface area contributed by atoms with Gasteiger partial charge in [-0.1, -0.05) is 26.0 Å². The van der Waals surface area contributed by atoms with Gasteiger partial charge in [-0.05, 0) is 42.3 Å². The van der Waals surface area contributed by atoms with Crippen LogP contribution in [0.25, 0.3) is 0 Å². The predicted octanol–water partition coefficient (Wildman–Crippen LogP) is 4.27. The molecular formula is C22H26F3N3O4S. The topological polar surface area (TPSA) is 95.6 Å². The van der Waals surface area contributed by atoms with E-state index in [9.17, 15) is 31.2 Å². The van der Waals surface area contributed by atoms with Crippen LogP contribution < -0.4 is 10.6 Å². The van der Waals surface area contributed by atoms with Crippen molar-refractivity contribution in [1.82, 2.24) is 4.31 Å². The molecule has 0 spiro atoms. The van der Waals surface area contributed by atoms with Gasteiger partial charge in [-0.3, -0.25) is 9.59 Å². The van der Waals surface area contributed by atoms with Crippen molar-refractivity contribution in [2.45, 2.75) is 44.7 Å². The fraction of sp³-hybridized carbons (Fsp3) is 0.364. The van der Waals surface area contributed by atoms with Crippen LogP contribution in [0.1, 0.15) is 38.3 Å². The molecule has 0 saturated carbocycles. The second-order valence-corrected chi connectivity index (χ2v) is 9.16. The largest absolute Gasteiger partial charge is 0.416 e. The van der Waals surface area contributed by atoms with Crippen molar-refractivity contribution >= 4 is 33.2 Å². The number of alkyl halides is 3. The highest BCUT2D eigenvalue weighted by molar-refractivity contribution is 7.89. The second kappa shape index (κ2) is 10.8. The number of nitrogens with zero attached hydrogens (tertiary/aromatic N) is 1. The Hall–Kier alpha value is -2.92. The molecule has 0 bridgehead atoms. The van der Waals surface area contributed by atoms with Crippen LogP contribution in [-0.4, -0.2) is 37.6 Å². The molecule has 2 aromatic carbocycles. The Kier molecular flexibility index (Phi) is 8.62. The Labute approximate surface area is 191 Å². The average molecular weight is 486 g/mol. The van der Waals surface area contributed by atoms with Gasteiger partial charge in [0, 0.05) is 26.4 Å². The predicted molar refractivity (Wildman–Crippen MR) is 119 cm³/mol. The van der Waals surface area contributed by atoms with E-state index in [1.807, 2.05) is 0 Å². The molecule has 2 amide bonds. The van der Waals surface area contributed by atoms with E-state index < -0.39 is 33.6 Å². The lowest BCUT2D eigenvalue weighted by molar-refractivity contribution is -0.137. The molecule has 0 heterocycles. The van der Waals surface area contributed by atoms with Gasteiger partial charge in [0.2, 0.25) is 21.8 Å². The first-order chi connectivity index (χ1) is 15.4. The summed E-state index contributed by atoms with van der Waals surface area (Å²) in [4.78, 5) is 23.8. The zero-order chi connectivity index (χ0) is 24.8. The summed E-state index contributed by atoms with van der Waals surface area (Å²) >= 11 is 0. The maximum atomic E-state index is 13.0. The SMILES string of the molecule is CCN(CC)S(=O)(=O)c1ccc(CCC(=O)Nc2cc(C(F)(F)F)ccc2NC(C)=O)cc1. The van der Waals surface area contributed by atoms with Crippen LogP contribution in [0.4, 0.5) is 24.5 Å². The Balaban J connectivity index is 2.10. The van der Waals surface area contributed by atoms with Crippen LogP contribution >= 0.6 is 0 Å². The molecule has 0 aliphatic heterocycles. The summed E-state index contributed by atoms with van der Waals surface area (Å²) in [5.41, 5.74) is -0.382. The minimum atomic E-state index is -4.61. The molecular weight excluding hydrogens is 459 g/mol. The zero-order valence-corrected chi connectivity index (χ0v) is 19.3. The molecule has 0 unspecified atom stereocenters. The van der Waals surface area contributed by atoms with Gasteiger partial charge in [-0.15, -0.1) is 0 Å². The van der Waals surface area contributed by atoms with Crippen molar-refractivity contribution in [2.24, 2.45) is 0 Å². The minimum Gasteiger partial charge on any atom is -0.325 e. The summed E-state index contributed by atoms with van der Waals surface area (Å²) in [6.45, 7) is 5.38. The Bertz CT molecular complexity index is 1100. The van der Waals surface area contributed by atoms with Gasteiger partial charge in [0.05, 0.1) is 21.8 Å². The number of nitrogens with one attached hydrogen (secondary N) is 2. The van der Waals surface area contributed by atoms with E-state index in [1.165, 1.54) is 23.4 Å². The number of benzene rings is 2. The van der Waals surface area contributed by atoms with Gasteiger partial charge in [-0.2, -0.15) is 17.5 Å². The van der Waals surface area contributed by atoms with Crippen molar-refractivity contribution in [2.75, 3.05) is 23.7 Å². The molecule has 180 valence electrons. The van der Waals surface area contributed by atoms with Crippen LogP contribution in [0.3, 0.4) is 0 Å². The lowest BCUT2D eigenvalue weighted by Gasteiger charge is -2.18. The van der Waals surface area contributed by atoms with Crippen molar-refractivity contribution in [3.8, 4) is 0 Å². The zero-order valence-electron chi connectivity index (χ0n) is 18.5. The van der Waals surface area contributed by atoms with E-state index >= 15 is 0 Å². The van der Waals surface area contributed by atoms with Gasteiger partial charge in [0.25, 0.3) is 0 Å². The average Bonchev–Trinajstić information content (AvgIpc) is 2.73. The van der Waals surface area contributed by atoms with Gasteiger partial charge >= 0.3 is 6.18 Å². The molecule has 0 aromatic heterocycles. The minimum absolute atomic E-state index is 0.0508. The molecule has 0 saturated heterocycles. The molecule has 0 radical (unpaired) electrons. The number of carbonyl (C=O) groups excluding carboxylic acids is 2. The number of sulfonamides is 1. The molecule has 2 aromatic rings. The number of anilines is 2. The summed E-state index contributed by atoms with van der Waals surface area (Å²) in [6.07, 6.45) is -4.43. The summed E-state index contributed by atoms with van der Waals surface area (Å²) in [7, 11) is -3.59. The van der Waals surface area contributed by atoms with Gasteiger partial charge < -0.3 is 10.6 Å². The fourth-order valence-electron chi connectivity index (χ4n) is 3.13. The van der Waals surface area contributed by atoms with E-state index in [4.69, 9.17) is 0 Å². The van der Waals surface area contributed by atoms with E-state index in [1.54, 1.807) is 26.0 Å². The van der Waals surface area contributed by atoms with Crippen LogP contribution in [0.5, 0.6) is 0 Å². The van der Waals surface area contributed by atoms with E-state index in [0.717, 1.165) is 18.2 Å². The first kappa shape index (κ1) is 26.3. The number of carbonyl (C=O) groups is 2. The number of hydrogen-bond acceptors (Lipinski definition) is 4. The molecule has 0 fully saturated rings. The van der Waals surface area contributed by atoms with E-state index in [2.05, 4.69) is 10.6 Å². The monoisotopic (exact) mass is 485 g/mol. The van der Waals surface area contributed by atoms with Crippen molar-refractivity contribution in [3.63, 3.8) is 0 Å². The van der Waals surface area contributed by atoms with Gasteiger partial charge in [0.1, 0.15) is 0 Å². The second-order valence-electron chi connectivity index (χ2n) is 7.22. The lowest BCUT2D eigenvalue weighted by atomic mass is 10.1. The molecule has 2 N–H and O–H groups in total. The fourth-order valence-corrected chi connectivity index (χ4v) is 4.59. The number of amides is 2. The number of rotatable bonds is 9. The van der Waals surface area contributed by atoms with Crippen LogP contribution in [0, 0.1) is 0 Å². The quantitative estimate of drug-likeness (QED) is 0.555. The first-order valence-electron chi connectivity index (χ1n) is 10.3. The highest BCUT2D eigenvalue weighted by Gasteiger charge is 2.31. The molecule has 11 heteroatoms. The van der Waals surface area contributed by atoms with Crippen LogP contribution in [0.2, 0.25) is 0 Å². The number of hydrogen-bond donors (Lipinski definition) is 2. The van der Waals surface area contributed by atoms with E-state index in [-0.39, 0.29) is 29.1 Å². The van der Waals surface area contributed by atoms with Crippen molar-refractivity contribution < 1.29 is 31.2 Å². The first-order valence-corrected chi connectivity index (χ1v) is 11.7. The van der Waals surface area contributed by atoms with Crippen molar-refractivity contribution in [1.29, 1.82) is 0 Å². The summed E-state index contributed by atoms with van der Waals surface area (Å²) in [6, 6.07) is 8.76. The maximum Gasteiger partial charge on any atom is 0.416 e. The van der Waals surface area contributed by atoms with Gasteiger partial charge in [0.15, 0.2) is 0 Å². The lowest BCUT2D eigenvalue weighted by Crippen LogP contribution is -2.30. The molecule has 0 aliphatic carbocycles. The third kappa shape index (κ3) is 7.03. The summed E-state index contributed by atoms with van der Waals surface area (Å²) in [5, 5.41) is 4.80. The van der Waals surface area contributed by atoms with Crippen LogP contribution in [-0.2, 0) is 32.2 Å². The third-order valence-corrected chi connectivity index (χ3v) is 6.90. The molecule has 33 heavy (non-hydrogen) atoms. The maximum absolute atomic E-state index is 13.0. The normalized spacial score (nSPS) is 12.0. The Morgan fingerprint density at radius 2 is 1.55 bits per heavy atom. The molecule has 2 rings (SSSR count). The highest BCUT2D eigenvalue weighted by atomic mass is 32.2. The molecule has 7 nitrogen and oxygen atoms in total. The Morgan fingerprint density at radius 3 is 2.06 bits per heavy atom. The number of halogens is 3. The summed E-state index contributed by atoms with van der Waals surface area (Å²) in [5.74, 6) is -1.05. The molecule has 0 atom stereocenters. The standard InChI is InChI=1S/C22H26F3N3O4S/c1-4-28(5-2)33(31,32)18-10-6-16(7-11-18)8-13-21(30)27-20-14-17(22(23,24)25)9-12-19(20)26-15(3)29/h6-7,9-12,14H,4-5,8,13H2,1-3H3,(H,26,29)(H,27,30).